The number of ether oxygens (including phenoxy) is 1. The molecule has 8 nitrogen and oxygen atoms in total. The van der Waals surface area contributed by atoms with Gasteiger partial charge in [0.25, 0.3) is 0 Å². The lowest BCUT2D eigenvalue weighted by Gasteiger charge is -2.21. The van der Waals surface area contributed by atoms with Crippen LogP contribution >= 0.6 is 0 Å². The number of alkyl halides is 3. The van der Waals surface area contributed by atoms with Gasteiger partial charge >= 0.3 is 12.1 Å². The number of aliphatic carboxylic acids is 1. The molecule has 136 valence electrons. The Balaban J connectivity index is 0.000000277. The van der Waals surface area contributed by atoms with Crippen LogP contribution in [0, 0.1) is 6.92 Å². The van der Waals surface area contributed by atoms with Crippen LogP contribution in [0.2, 0.25) is 0 Å². The number of hydrogen-bond donors (Lipinski definition) is 2. The van der Waals surface area contributed by atoms with E-state index in [1.54, 1.807) is 17.1 Å². The summed E-state index contributed by atoms with van der Waals surface area (Å²) in [5.41, 5.74) is 2.97. The second-order valence-electron chi connectivity index (χ2n) is 5.13. The third kappa shape index (κ3) is 5.22. The van der Waals surface area contributed by atoms with E-state index in [9.17, 15) is 13.2 Å². The van der Waals surface area contributed by atoms with Gasteiger partial charge in [0.05, 0.1) is 37.3 Å². The molecule has 1 aliphatic heterocycles. The zero-order chi connectivity index (χ0) is 18.4. The van der Waals surface area contributed by atoms with Gasteiger partial charge in [-0.25, -0.2) is 9.48 Å². The predicted molar refractivity (Wildman–Crippen MR) is 79.1 cm³/mol. The van der Waals surface area contributed by atoms with Gasteiger partial charge in [-0.1, -0.05) is 5.21 Å². The van der Waals surface area contributed by atoms with E-state index < -0.39 is 12.1 Å². The molecule has 1 saturated heterocycles. The fraction of sp³-hybridized carbons (Fsp3) is 0.429. The molecule has 1 aliphatic rings. The first kappa shape index (κ1) is 18.8. The van der Waals surface area contributed by atoms with E-state index in [-0.39, 0.29) is 6.04 Å². The Labute approximate surface area is 140 Å². The maximum absolute atomic E-state index is 10.6. The number of morpholine rings is 1. The lowest BCUT2D eigenvalue weighted by molar-refractivity contribution is -0.192. The SMILES string of the molecule is Cc1ccncc1-n1cc(C2COCCN2)nn1.O=C(O)C(F)(F)F. The van der Waals surface area contributed by atoms with Crippen molar-refractivity contribution in [3.05, 3.63) is 35.9 Å². The van der Waals surface area contributed by atoms with Crippen molar-refractivity contribution < 1.29 is 27.8 Å². The summed E-state index contributed by atoms with van der Waals surface area (Å²) in [6.45, 7) is 4.28. The third-order valence-electron chi connectivity index (χ3n) is 3.29. The van der Waals surface area contributed by atoms with Crippen molar-refractivity contribution >= 4 is 5.97 Å². The van der Waals surface area contributed by atoms with Crippen molar-refractivity contribution in [1.82, 2.24) is 25.3 Å². The number of carboxylic acid groups (broad SMARTS) is 1. The van der Waals surface area contributed by atoms with Crippen LogP contribution in [0.15, 0.2) is 24.7 Å². The van der Waals surface area contributed by atoms with Crippen LogP contribution in [0.4, 0.5) is 13.2 Å². The van der Waals surface area contributed by atoms with Crippen LogP contribution in [0.3, 0.4) is 0 Å². The Morgan fingerprint density at radius 3 is 2.76 bits per heavy atom. The first-order chi connectivity index (χ1) is 11.8. The van der Waals surface area contributed by atoms with Gasteiger partial charge in [-0.2, -0.15) is 13.2 Å². The predicted octanol–water partition coefficient (Wildman–Crippen LogP) is 1.26. The molecule has 0 radical (unpaired) electrons. The summed E-state index contributed by atoms with van der Waals surface area (Å²) in [5, 5.41) is 18.8. The van der Waals surface area contributed by atoms with Crippen molar-refractivity contribution in [2.45, 2.75) is 19.1 Å². The lowest BCUT2D eigenvalue weighted by Crippen LogP contribution is -2.34. The number of nitrogens with one attached hydrogen (secondary N) is 1. The molecule has 2 N–H and O–H groups in total. The Morgan fingerprint density at radius 2 is 2.20 bits per heavy atom. The molecule has 25 heavy (non-hydrogen) atoms. The summed E-state index contributed by atoms with van der Waals surface area (Å²) in [4.78, 5) is 13.0. The highest BCUT2D eigenvalue weighted by Crippen LogP contribution is 2.16. The van der Waals surface area contributed by atoms with E-state index in [2.05, 4.69) is 20.6 Å². The van der Waals surface area contributed by atoms with E-state index in [1.165, 1.54) is 0 Å². The standard InChI is InChI=1S/C12H15N5O.C2HF3O2/c1-9-2-3-13-6-12(9)17-7-10(15-16-17)11-8-18-5-4-14-11;3-2(4,5)1(6)7/h2-3,6-7,11,14H,4-5,8H2,1H3;(H,6,7). The van der Waals surface area contributed by atoms with E-state index in [0.29, 0.717) is 6.61 Å². The quantitative estimate of drug-likeness (QED) is 0.832. The van der Waals surface area contributed by atoms with Gasteiger partial charge in [0.15, 0.2) is 0 Å². The molecule has 0 amide bonds. The van der Waals surface area contributed by atoms with Gasteiger partial charge in [0, 0.05) is 12.7 Å². The molecular formula is C14H16F3N5O3. The van der Waals surface area contributed by atoms with Gasteiger partial charge in [-0.3, -0.25) is 4.98 Å². The number of halogens is 3. The topological polar surface area (TPSA) is 102 Å². The van der Waals surface area contributed by atoms with Gasteiger partial charge in [0.2, 0.25) is 0 Å². The van der Waals surface area contributed by atoms with Gasteiger partial charge in [-0.15, -0.1) is 5.10 Å². The number of hydrogen-bond acceptors (Lipinski definition) is 6. The van der Waals surface area contributed by atoms with Crippen LogP contribution < -0.4 is 5.32 Å². The lowest BCUT2D eigenvalue weighted by atomic mass is 10.2. The number of carboxylic acids is 1. The molecule has 2 aromatic rings. The summed E-state index contributed by atoms with van der Waals surface area (Å²) < 4.78 is 38.9. The fourth-order valence-electron chi connectivity index (χ4n) is 2.01. The molecule has 0 saturated carbocycles. The Morgan fingerprint density at radius 1 is 1.48 bits per heavy atom. The zero-order valence-corrected chi connectivity index (χ0v) is 13.2. The van der Waals surface area contributed by atoms with Crippen molar-refractivity contribution in [1.29, 1.82) is 0 Å². The Bertz CT molecular complexity index is 714. The molecule has 0 spiro atoms. The Hall–Kier alpha value is -2.53. The number of aryl methyl sites for hydroxylation is 1. The first-order valence-corrected chi connectivity index (χ1v) is 7.23. The van der Waals surface area contributed by atoms with Crippen molar-refractivity contribution in [3.63, 3.8) is 0 Å². The average Bonchev–Trinajstić information content (AvgIpc) is 3.05. The van der Waals surface area contributed by atoms with E-state index in [4.69, 9.17) is 14.6 Å². The van der Waals surface area contributed by atoms with Crippen molar-refractivity contribution in [2.75, 3.05) is 19.8 Å². The van der Waals surface area contributed by atoms with E-state index in [1.807, 2.05) is 19.2 Å². The molecule has 0 aliphatic carbocycles. The second-order valence-corrected chi connectivity index (χ2v) is 5.13. The molecular weight excluding hydrogens is 343 g/mol. The molecule has 0 aromatic carbocycles. The minimum absolute atomic E-state index is 0.129. The van der Waals surface area contributed by atoms with E-state index in [0.717, 1.165) is 30.1 Å². The largest absolute Gasteiger partial charge is 0.490 e. The number of rotatable bonds is 2. The molecule has 2 aromatic heterocycles. The Kier molecular flexibility index (Phi) is 6.04. The molecule has 3 rings (SSSR count). The number of aromatic nitrogens is 4. The first-order valence-electron chi connectivity index (χ1n) is 7.23. The van der Waals surface area contributed by atoms with Crippen LogP contribution in [0.25, 0.3) is 5.69 Å². The number of pyridine rings is 1. The molecule has 11 heteroatoms. The highest BCUT2D eigenvalue weighted by atomic mass is 19.4. The van der Waals surface area contributed by atoms with Crippen LogP contribution in [0.1, 0.15) is 17.3 Å². The zero-order valence-electron chi connectivity index (χ0n) is 13.2. The van der Waals surface area contributed by atoms with Gasteiger partial charge < -0.3 is 15.2 Å². The van der Waals surface area contributed by atoms with Gasteiger partial charge in [0.1, 0.15) is 5.69 Å². The maximum Gasteiger partial charge on any atom is 0.490 e. The summed E-state index contributed by atoms with van der Waals surface area (Å²) in [5.74, 6) is -2.76. The molecule has 1 atom stereocenters. The second kappa shape index (κ2) is 8.03. The molecule has 1 fully saturated rings. The molecule has 0 bridgehead atoms. The van der Waals surface area contributed by atoms with E-state index >= 15 is 0 Å². The normalized spacial score (nSPS) is 17.5. The minimum Gasteiger partial charge on any atom is -0.475 e. The molecule has 1 unspecified atom stereocenters. The number of carbonyl (C=O) groups is 1. The summed E-state index contributed by atoms with van der Waals surface area (Å²) in [6.07, 6.45) is 0.405. The molecule has 3 heterocycles. The van der Waals surface area contributed by atoms with Crippen molar-refractivity contribution in [3.8, 4) is 5.69 Å². The fourth-order valence-corrected chi connectivity index (χ4v) is 2.01. The summed E-state index contributed by atoms with van der Waals surface area (Å²) in [6, 6.07) is 2.09. The maximum atomic E-state index is 10.6. The van der Waals surface area contributed by atoms with Gasteiger partial charge in [-0.05, 0) is 18.6 Å². The van der Waals surface area contributed by atoms with Crippen LogP contribution in [-0.2, 0) is 9.53 Å². The van der Waals surface area contributed by atoms with Crippen molar-refractivity contribution in [2.24, 2.45) is 0 Å². The monoisotopic (exact) mass is 359 g/mol. The third-order valence-corrected chi connectivity index (χ3v) is 3.29. The highest BCUT2D eigenvalue weighted by molar-refractivity contribution is 5.73. The minimum atomic E-state index is -5.08. The summed E-state index contributed by atoms with van der Waals surface area (Å²) >= 11 is 0. The van der Waals surface area contributed by atoms with Crippen LogP contribution in [-0.4, -0.2) is 57.0 Å². The summed E-state index contributed by atoms with van der Waals surface area (Å²) in [7, 11) is 0. The highest BCUT2D eigenvalue weighted by Gasteiger charge is 2.38. The van der Waals surface area contributed by atoms with Crippen LogP contribution in [0.5, 0.6) is 0 Å². The number of nitrogens with zero attached hydrogens (tertiary/aromatic N) is 4. The smallest absolute Gasteiger partial charge is 0.475 e. The average molecular weight is 359 g/mol.